The van der Waals surface area contributed by atoms with Crippen LogP contribution in [0.5, 0.6) is 0 Å². The molecular formula is C26H32ClN3O4S. The molecule has 1 aliphatic heterocycles. The van der Waals surface area contributed by atoms with Gasteiger partial charge in [0.1, 0.15) is 6.04 Å². The summed E-state index contributed by atoms with van der Waals surface area (Å²) < 4.78 is 27.0. The van der Waals surface area contributed by atoms with Crippen LogP contribution in [0.15, 0.2) is 66.1 Å². The average Bonchev–Trinajstić information content (AvgIpc) is 3.41. The van der Waals surface area contributed by atoms with Gasteiger partial charge in [0.2, 0.25) is 21.8 Å². The fraction of sp³-hybridized carbons (Fsp3) is 0.385. The Morgan fingerprint density at radius 2 is 1.69 bits per heavy atom. The van der Waals surface area contributed by atoms with Crippen molar-refractivity contribution in [3.05, 3.63) is 77.3 Å². The average molecular weight is 518 g/mol. The van der Waals surface area contributed by atoms with Crippen LogP contribution in [0.1, 0.15) is 37.3 Å². The van der Waals surface area contributed by atoms with Crippen molar-refractivity contribution < 1.29 is 18.0 Å². The lowest BCUT2D eigenvalue weighted by Crippen LogP contribution is -2.47. The van der Waals surface area contributed by atoms with Crippen molar-refractivity contribution in [3.8, 4) is 0 Å². The first-order valence-corrected chi connectivity index (χ1v) is 13.6. The Kier molecular flexibility index (Phi) is 9.48. The predicted octanol–water partition coefficient (Wildman–Crippen LogP) is 3.78. The third-order valence-corrected chi connectivity index (χ3v) is 8.27. The number of amides is 2. The van der Waals surface area contributed by atoms with Gasteiger partial charge < -0.3 is 10.2 Å². The van der Waals surface area contributed by atoms with E-state index in [1.807, 2.05) is 12.1 Å². The minimum Gasteiger partial charge on any atom is -0.351 e. The molecule has 0 saturated carbocycles. The summed E-state index contributed by atoms with van der Waals surface area (Å²) in [6, 6.07) is 13.2. The van der Waals surface area contributed by atoms with Gasteiger partial charge in [0.25, 0.3) is 0 Å². The van der Waals surface area contributed by atoms with Crippen LogP contribution < -0.4 is 5.32 Å². The minimum absolute atomic E-state index is 0.171. The molecule has 1 atom stereocenters. The second-order valence-electron chi connectivity index (χ2n) is 8.61. The van der Waals surface area contributed by atoms with Crippen molar-refractivity contribution in [1.29, 1.82) is 0 Å². The highest BCUT2D eigenvalue weighted by molar-refractivity contribution is 7.89. The van der Waals surface area contributed by atoms with E-state index in [2.05, 4.69) is 11.9 Å². The molecule has 188 valence electrons. The molecule has 9 heteroatoms. The first-order valence-electron chi connectivity index (χ1n) is 11.7. The zero-order valence-electron chi connectivity index (χ0n) is 20.0. The molecule has 2 aromatic rings. The molecule has 1 fully saturated rings. The van der Waals surface area contributed by atoms with Gasteiger partial charge in [-0.1, -0.05) is 41.9 Å². The van der Waals surface area contributed by atoms with Gasteiger partial charge in [-0.05, 0) is 61.6 Å². The maximum atomic E-state index is 13.2. The summed E-state index contributed by atoms with van der Waals surface area (Å²) in [6.07, 6.45) is 3.97. The Hall–Kier alpha value is -2.68. The summed E-state index contributed by atoms with van der Waals surface area (Å²) >= 11 is 5.98. The lowest BCUT2D eigenvalue weighted by atomic mass is 10.1. The number of nitrogens with one attached hydrogen (secondary N) is 1. The van der Waals surface area contributed by atoms with E-state index in [0.717, 1.165) is 24.0 Å². The van der Waals surface area contributed by atoms with Crippen LogP contribution in [0.3, 0.4) is 0 Å². The van der Waals surface area contributed by atoms with Gasteiger partial charge in [-0.15, -0.1) is 6.58 Å². The Labute approximate surface area is 212 Å². The number of carbonyl (C=O) groups excluding carboxylic acids is 2. The lowest BCUT2D eigenvalue weighted by Gasteiger charge is -2.29. The van der Waals surface area contributed by atoms with Gasteiger partial charge >= 0.3 is 0 Å². The van der Waals surface area contributed by atoms with Gasteiger partial charge in [0.05, 0.1) is 4.90 Å². The molecule has 0 unspecified atom stereocenters. The van der Waals surface area contributed by atoms with Crippen LogP contribution >= 0.6 is 11.6 Å². The third kappa shape index (κ3) is 7.16. The standard InChI is InChI=1S/C26H32ClN3O4S/c1-3-16-28-26(32)20(2)30(19-22-6-11-23(27)12-7-22)25(31)15-10-21-8-13-24(14-9-21)35(33,34)29-17-4-5-18-29/h3,6-9,11-14,20H,1,4-5,10,15-19H2,2H3,(H,28,32)/t20-/m1/s1. The predicted molar refractivity (Wildman–Crippen MR) is 137 cm³/mol. The molecule has 1 aliphatic rings. The normalized spacial score (nSPS) is 14.9. The van der Waals surface area contributed by atoms with Crippen molar-refractivity contribution in [2.24, 2.45) is 0 Å². The van der Waals surface area contributed by atoms with Gasteiger partial charge in [-0.25, -0.2) is 8.42 Å². The highest BCUT2D eigenvalue weighted by Gasteiger charge is 2.28. The number of halogens is 1. The van der Waals surface area contributed by atoms with Crippen LogP contribution in [0.4, 0.5) is 0 Å². The van der Waals surface area contributed by atoms with E-state index >= 15 is 0 Å². The van der Waals surface area contributed by atoms with Gasteiger partial charge in [-0.3, -0.25) is 9.59 Å². The lowest BCUT2D eigenvalue weighted by molar-refractivity contribution is -0.140. The fourth-order valence-corrected chi connectivity index (χ4v) is 5.63. The van der Waals surface area contributed by atoms with Gasteiger partial charge in [0, 0.05) is 37.6 Å². The van der Waals surface area contributed by atoms with E-state index in [-0.39, 0.29) is 29.7 Å². The number of hydrogen-bond donors (Lipinski definition) is 1. The Balaban J connectivity index is 1.68. The molecule has 1 saturated heterocycles. The summed E-state index contributed by atoms with van der Waals surface area (Å²) in [5.74, 6) is -0.432. The summed E-state index contributed by atoms with van der Waals surface area (Å²) in [5, 5.41) is 3.34. The largest absolute Gasteiger partial charge is 0.351 e. The second-order valence-corrected chi connectivity index (χ2v) is 11.0. The first kappa shape index (κ1) is 26.9. The second kappa shape index (κ2) is 12.3. The highest BCUT2D eigenvalue weighted by atomic mass is 35.5. The number of sulfonamides is 1. The molecule has 0 aromatic heterocycles. The molecule has 0 spiro atoms. The molecule has 7 nitrogen and oxygen atoms in total. The van der Waals surface area contributed by atoms with Crippen LogP contribution in [-0.4, -0.2) is 55.1 Å². The number of rotatable bonds is 11. The maximum Gasteiger partial charge on any atom is 0.243 e. The number of hydrogen-bond acceptors (Lipinski definition) is 4. The smallest absolute Gasteiger partial charge is 0.243 e. The molecule has 3 rings (SSSR count). The minimum atomic E-state index is -3.47. The number of aryl methyl sites for hydroxylation is 1. The molecular weight excluding hydrogens is 486 g/mol. The molecule has 2 amide bonds. The Bertz CT molecular complexity index is 1130. The number of carbonyl (C=O) groups is 2. The van der Waals surface area contributed by atoms with E-state index in [0.29, 0.717) is 31.1 Å². The summed E-state index contributed by atoms with van der Waals surface area (Å²) in [6.45, 7) is 7.01. The van der Waals surface area contributed by atoms with Gasteiger partial charge in [-0.2, -0.15) is 4.31 Å². The van der Waals surface area contributed by atoms with Crippen molar-refractivity contribution >= 4 is 33.4 Å². The third-order valence-electron chi connectivity index (χ3n) is 6.11. The summed E-state index contributed by atoms with van der Waals surface area (Å²) in [4.78, 5) is 27.6. The van der Waals surface area contributed by atoms with Crippen LogP contribution in [-0.2, 0) is 32.6 Å². The van der Waals surface area contributed by atoms with Gasteiger partial charge in [0.15, 0.2) is 0 Å². The SMILES string of the molecule is C=CCNC(=O)[C@@H](C)N(Cc1ccc(Cl)cc1)C(=O)CCc1ccc(S(=O)(=O)N2CCCC2)cc1. The molecule has 2 aromatic carbocycles. The molecule has 0 bridgehead atoms. The van der Waals surface area contributed by atoms with E-state index in [4.69, 9.17) is 11.6 Å². The van der Waals surface area contributed by atoms with Crippen LogP contribution in [0, 0.1) is 0 Å². The van der Waals surface area contributed by atoms with Crippen LogP contribution in [0.25, 0.3) is 0 Å². The molecule has 1 N–H and O–H groups in total. The zero-order chi connectivity index (χ0) is 25.4. The topological polar surface area (TPSA) is 86.8 Å². The monoisotopic (exact) mass is 517 g/mol. The summed E-state index contributed by atoms with van der Waals surface area (Å²) in [5.41, 5.74) is 1.72. The maximum absolute atomic E-state index is 13.2. The Morgan fingerprint density at radius 1 is 1.09 bits per heavy atom. The molecule has 0 radical (unpaired) electrons. The van der Waals surface area contributed by atoms with Crippen LogP contribution in [0.2, 0.25) is 5.02 Å². The molecule has 0 aliphatic carbocycles. The molecule has 1 heterocycles. The quantitative estimate of drug-likeness (QED) is 0.460. The number of benzene rings is 2. The molecule has 35 heavy (non-hydrogen) atoms. The van der Waals surface area contributed by atoms with Crippen molar-refractivity contribution in [2.75, 3.05) is 19.6 Å². The van der Waals surface area contributed by atoms with E-state index in [1.54, 1.807) is 54.3 Å². The summed E-state index contributed by atoms with van der Waals surface area (Å²) in [7, 11) is -3.47. The van der Waals surface area contributed by atoms with Crippen molar-refractivity contribution in [2.45, 2.75) is 50.1 Å². The first-order chi connectivity index (χ1) is 16.7. The van der Waals surface area contributed by atoms with E-state index < -0.39 is 16.1 Å². The fourth-order valence-electron chi connectivity index (χ4n) is 3.99. The zero-order valence-corrected chi connectivity index (χ0v) is 21.5. The Morgan fingerprint density at radius 3 is 2.29 bits per heavy atom. The van der Waals surface area contributed by atoms with E-state index in [1.165, 1.54) is 4.31 Å². The van der Waals surface area contributed by atoms with E-state index in [9.17, 15) is 18.0 Å². The van der Waals surface area contributed by atoms with Crippen molar-refractivity contribution in [3.63, 3.8) is 0 Å². The highest BCUT2D eigenvalue weighted by Crippen LogP contribution is 2.22. The number of nitrogens with zero attached hydrogens (tertiary/aromatic N) is 2. The van der Waals surface area contributed by atoms with Crippen molar-refractivity contribution in [1.82, 2.24) is 14.5 Å².